The van der Waals surface area contributed by atoms with Crippen LogP contribution in [-0.2, 0) is 0 Å². The average molecular weight is 203 g/mol. The van der Waals surface area contributed by atoms with Crippen molar-refractivity contribution in [2.45, 2.75) is 56.9 Å². The molecule has 2 fully saturated rings. The van der Waals surface area contributed by atoms with E-state index < -0.39 is 5.92 Å². The molecule has 2 unspecified atom stereocenters. The predicted molar refractivity (Wildman–Crippen MR) is 52.2 cm³/mol. The predicted octanol–water partition coefficient (Wildman–Crippen LogP) is 2.94. The lowest BCUT2D eigenvalue weighted by Crippen LogP contribution is -2.38. The maximum atomic E-state index is 13.1. The highest BCUT2D eigenvalue weighted by Gasteiger charge is 2.39. The monoisotopic (exact) mass is 203 g/mol. The number of nitrogens with two attached hydrogens (primary N) is 1. The maximum absolute atomic E-state index is 13.1. The van der Waals surface area contributed by atoms with Gasteiger partial charge in [-0.3, -0.25) is 0 Å². The molecular weight excluding hydrogens is 184 g/mol. The van der Waals surface area contributed by atoms with Crippen LogP contribution in [0, 0.1) is 11.8 Å². The van der Waals surface area contributed by atoms with E-state index in [2.05, 4.69) is 0 Å². The van der Waals surface area contributed by atoms with Crippen molar-refractivity contribution in [1.29, 1.82) is 0 Å². The number of alkyl halides is 2. The van der Waals surface area contributed by atoms with Crippen molar-refractivity contribution in [2.75, 3.05) is 0 Å². The zero-order chi connectivity index (χ0) is 10.2. The normalized spacial score (nSPS) is 34.1. The molecule has 3 heteroatoms. The van der Waals surface area contributed by atoms with Crippen LogP contribution in [0.3, 0.4) is 0 Å². The lowest BCUT2D eigenvalue weighted by molar-refractivity contribution is -0.0567. The molecule has 14 heavy (non-hydrogen) atoms. The first-order valence-electron chi connectivity index (χ1n) is 5.70. The summed E-state index contributed by atoms with van der Waals surface area (Å²) in [4.78, 5) is 0. The minimum Gasteiger partial charge on any atom is -0.327 e. The van der Waals surface area contributed by atoms with Gasteiger partial charge in [0.1, 0.15) is 0 Å². The van der Waals surface area contributed by atoms with E-state index in [1.807, 2.05) is 0 Å². The van der Waals surface area contributed by atoms with Gasteiger partial charge in [-0.15, -0.1) is 0 Å². The van der Waals surface area contributed by atoms with Gasteiger partial charge in [0.05, 0.1) is 0 Å². The number of rotatable bonds is 3. The van der Waals surface area contributed by atoms with Crippen LogP contribution in [0.1, 0.15) is 44.9 Å². The summed E-state index contributed by atoms with van der Waals surface area (Å²) in [5.41, 5.74) is 5.98. The Morgan fingerprint density at radius 1 is 1.29 bits per heavy atom. The van der Waals surface area contributed by atoms with Crippen molar-refractivity contribution in [3.63, 3.8) is 0 Å². The largest absolute Gasteiger partial charge is 0.327 e. The molecule has 0 spiro atoms. The zero-order valence-electron chi connectivity index (χ0n) is 8.52. The summed E-state index contributed by atoms with van der Waals surface area (Å²) in [5, 5.41) is 0. The van der Waals surface area contributed by atoms with Crippen molar-refractivity contribution in [3.05, 3.63) is 0 Å². The maximum Gasteiger partial charge on any atom is 0.248 e. The van der Waals surface area contributed by atoms with Crippen molar-refractivity contribution in [2.24, 2.45) is 17.6 Å². The topological polar surface area (TPSA) is 26.0 Å². The molecule has 0 aromatic carbocycles. The quantitative estimate of drug-likeness (QED) is 0.749. The summed E-state index contributed by atoms with van der Waals surface area (Å²) in [6.07, 6.45) is 5.15. The molecule has 2 aliphatic rings. The molecule has 0 aliphatic heterocycles. The van der Waals surface area contributed by atoms with Gasteiger partial charge in [-0.05, 0) is 31.1 Å². The van der Waals surface area contributed by atoms with E-state index in [9.17, 15) is 8.78 Å². The van der Waals surface area contributed by atoms with Gasteiger partial charge in [0, 0.05) is 18.9 Å². The summed E-state index contributed by atoms with van der Waals surface area (Å²) in [6, 6.07) is 0.0219. The number of hydrogen-bond acceptors (Lipinski definition) is 1. The Kier molecular flexibility index (Phi) is 2.78. The Morgan fingerprint density at radius 3 is 2.57 bits per heavy atom. The highest BCUT2D eigenvalue weighted by molar-refractivity contribution is 4.87. The fraction of sp³-hybridized carbons (Fsp3) is 1.00. The highest BCUT2D eigenvalue weighted by Crippen LogP contribution is 2.41. The van der Waals surface area contributed by atoms with E-state index >= 15 is 0 Å². The molecule has 2 aliphatic carbocycles. The first-order chi connectivity index (χ1) is 6.57. The van der Waals surface area contributed by atoms with Crippen molar-refractivity contribution in [3.8, 4) is 0 Å². The van der Waals surface area contributed by atoms with Gasteiger partial charge in [-0.1, -0.05) is 12.8 Å². The molecule has 0 aromatic heterocycles. The molecule has 2 atom stereocenters. The fourth-order valence-electron chi connectivity index (χ4n) is 2.51. The molecule has 2 rings (SSSR count). The zero-order valence-corrected chi connectivity index (χ0v) is 8.52. The second-order valence-corrected chi connectivity index (χ2v) is 5.06. The van der Waals surface area contributed by atoms with Crippen molar-refractivity contribution in [1.82, 2.24) is 0 Å². The molecule has 0 heterocycles. The number of hydrogen-bond donors (Lipinski definition) is 1. The van der Waals surface area contributed by atoms with E-state index in [4.69, 9.17) is 5.73 Å². The van der Waals surface area contributed by atoms with Gasteiger partial charge in [-0.25, -0.2) is 8.78 Å². The minimum atomic E-state index is -2.44. The van der Waals surface area contributed by atoms with Crippen LogP contribution in [0.2, 0.25) is 0 Å². The second-order valence-electron chi connectivity index (χ2n) is 5.06. The molecule has 0 amide bonds. The minimum absolute atomic E-state index is 0.0219. The van der Waals surface area contributed by atoms with Crippen molar-refractivity contribution < 1.29 is 8.78 Å². The van der Waals surface area contributed by atoms with E-state index in [1.54, 1.807) is 0 Å². The molecule has 0 radical (unpaired) electrons. The van der Waals surface area contributed by atoms with Crippen LogP contribution >= 0.6 is 0 Å². The smallest absolute Gasteiger partial charge is 0.248 e. The van der Waals surface area contributed by atoms with E-state index in [1.165, 1.54) is 12.8 Å². The summed E-state index contributed by atoms with van der Waals surface area (Å²) in [5.74, 6) is -1.62. The molecule has 2 N–H and O–H groups in total. The Labute approximate surface area is 84.0 Å². The second kappa shape index (κ2) is 3.76. The van der Waals surface area contributed by atoms with Gasteiger partial charge < -0.3 is 5.73 Å². The highest BCUT2D eigenvalue weighted by atomic mass is 19.3. The summed E-state index contributed by atoms with van der Waals surface area (Å²) < 4.78 is 26.2. The molecule has 0 aromatic rings. The van der Waals surface area contributed by atoms with Gasteiger partial charge in [0.15, 0.2) is 0 Å². The third-order valence-electron chi connectivity index (χ3n) is 3.59. The average Bonchev–Trinajstić information content (AvgIpc) is 2.86. The standard InChI is InChI=1S/C11H19F2N/c12-11(13)5-1-2-9(7-11)10(14)6-8-3-4-8/h8-10H,1-7,14H2. The Morgan fingerprint density at radius 2 is 2.00 bits per heavy atom. The number of halogens is 2. The van der Waals surface area contributed by atoms with Crippen LogP contribution in [0.5, 0.6) is 0 Å². The lowest BCUT2D eigenvalue weighted by Gasteiger charge is -2.32. The van der Waals surface area contributed by atoms with Gasteiger partial charge in [-0.2, -0.15) is 0 Å². The molecule has 1 nitrogen and oxygen atoms in total. The Hall–Kier alpha value is -0.180. The molecule has 2 saturated carbocycles. The third kappa shape index (κ3) is 2.66. The van der Waals surface area contributed by atoms with Gasteiger partial charge in [0.25, 0.3) is 0 Å². The Balaban J connectivity index is 1.83. The van der Waals surface area contributed by atoms with Crippen LogP contribution in [0.4, 0.5) is 8.78 Å². The first-order valence-corrected chi connectivity index (χ1v) is 5.70. The van der Waals surface area contributed by atoms with Crippen LogP contribution in [0.25, 0.3) is 0 Å². The van der Waals surface area contributed by atoms with Crippen LogP contribution in [-0.4, -0.2) is 12.0 Å². The third-order valence-corrected chi connectivity index (χ3v) is 3.59. The summed E-state index contributed by atoms with van der Waals surface area (Å²) in [7, 11) is 0. The lowest BCUT2D eigenvalue weighted by atomic mass is 9.80. The van der Waals surface area contributed by atoms with Gasteiger partial charge >= 0.3 is 0 Å². The van der Waals surface area contributed by atoms with E-state index in [0.29, 0.717) is 6.42 Å². The Bertz CT molecular complexity index is 201. The van der Waals surface area contributed by atoms with Crippen molar-refractivity contribution >= 4 is 0 Å². The van der Waals surface area contributed by atoms with Gasteiger partial charge in [0.2, 0.25) is 5.92 Å². The summed E-state index contributed by atoms with van der Waals surface area (Å²) in [6.45, 7) is 0. The van der Waals surface area contributed by atoms with E-state index in [0.717, 1.165) is 18.8 Å². The van der Waals surface area contributed by atoms with Crippen LogP contribution in [0.15, 0.2) is 0 Å². The molecule has 0 bridgehead atoms. The molecular formula is C11H19F2N. The molecule has 0 saturated heterocycles. The summed E-state index contributed by atoms with van der Waals surface area (Å²) >= 11 is 0. The first kappa shape index (κ1) is 10.3. The van der Waals surface area contributed by atoms with E-state index in [-0.39, 0.29) is 24.8 Å². The van der Waals surface area contributed by atoms with Crippen LogP contribution < -0.4 is 5.73 Å². The SMILES string of the molecule is NC(CC1CC1)C1CCCC(F)(F)C1. The fourth-order valence-corrected chi connectivity index (χ4v) is 2.51. The molecule has 82 valence electrons.